The van der Waals surface area contributed by atoms with E-state index in [-0.39, 0.29) is 5.91 Å². The van der Waals surface area contributed by atoms with E-state index in [0.717, 1.165) is 18.5 Å². The van der Waals surface area contributed by atoms with Crippen LogP contribution in [0.15, 0.2) is 30.3 Å². The Labute approximate surface area is 153 Å². The van der Waals surface area contributed by atoms with Crippen LogP contribution in [0.5, 0.6) is 0 Å². The zero-order chi connectivity index (χ0) is 19.2. The number of hydrogen-bond acceptors (Lipinski definition) is 6. The van der Waals surface area contributed by atoms with E-state index in [1.54, 1.807) is 6.92 Å². The molecule has 0 bridgehead atoms. The monoisotopic (exact) mass is 362 g/mol. The maximum absolute atomic E-state index is 13.1. The number of esters is 2. The van der Waals surface area contributed by atoms with Crippen LogP contribution < -0.4 is 10.6 Å². The van der Waals surface area contributed by atoms with Crippen LogP contribution >= 0.6 is 0 Å². The maximum Gasteiger partial charge on any atom is 0.332 e. The highest BCUT2D eigenvalue weighted by Crippen LogP contribution is 2.25. The molecule has 3 unspecified atom stereocenters. The molecular formula is C19H26N2O5. The van der Waals surface area contributed by atoms with Crippen molar-refractivity contribution in [1.29, 1.82) is 0 Å². The maximum atomic E-state index is 13.1. The summed E-state index contributed by atoms with van der Waals surface area (Å²) in [5, 5.41) is 6.01. The van der Waals surface area contributed by atoms with Crippen LogP contribution in [0.4, 0.5) is 0 Å². The molecule has 1 aliphatic rings. The van der Waals surface area contributed by atoms with Crippen molar-refractivity contribution in [3.63, 3.8) is 0 Å². The van der Waals surface area contributed by atoms with E-state index in [4.69, 9.17) is 9.47 Å². The topological polar surface area (TPSA) is 93.7 Å². The quantitative estimate of drug-likeness (QED) is 0.702. The number of hydrogen-bond donors (Lipinski definition) is 2. The minimum atomic E-state index is -1.06. The van der Waals surface area contributed by atoms with E-state index >= 15 is 0 Å². The molecule has 0 saturated carbocycles. The fourth-order valence-electron chi connectivity index (χ4n) is 3.28. The Hall–Kier alpha value is -2.41. The van der Waals surface area contributed by atoms with Gasteiger partial charge in [-0.2, -0.15) is 0 Å². The summed E-state index contributed by atoms with van der Waals surface area (Å²) < 4.78 is 9.84. The van der Waals surface area contributed by atoms with Crippen molar-refractivity contribution in [1.82, 2.24) is 10.6 Å². The Bertz CT molecular complexity index is 641. The van der Waals surface area contributed by atoms with Gasteiger partial charge < -0.3 is 20.1 Å². The first-order valence-electron chi connectivity index (χ1n) is 8.73. The SMILES string of the molecule is COC(=O)C(NC(=O)C1(Cc2ccccc2)CCCN1)C(C)OC(C)=O. The van der Waals surface area contributed by atoms with Crippen molar-refractivity contribution >= 4 is 17.8 Å². The predicted octanol–water partition coefficient (Wildman–Crippen LogP) is 0.961. The van der Waals surface area contributed by atoms with Gasteiger partial charge in [0.05, 0.1) is 7.11 Å². The molecule has 7 nitrogen and oxygen atoms in total. The third-order valence-corrected chi connectivity index (χ3v) is 4.59. The summed E-state index contributed by atoms with van der Waals surface area (Å²) in [6.07, 6.45) is 1.20. The Morgan fingerprint density at radius 1 is 1.27 bits per heavy atom. The number of nitrogens with one attached hydrogen (secondary N) is 2. The Morgan fingerprint density at radius 3 is 2.50 bits per heavy atom. The van der Waals surface area contributed by atoms with Gasteiger partial charge in [0.2, 0.25) is 5.91 Å². The number of benzene rings is 1. The van der Waals surface area contributed by atoms with Crippen LogP contribution in [0.1, 0.15) is 32.3 Å². The third-order valence-electron chi connectivity index (χ3n) is 4.59. The van der Waals surface area contributed by atoms with Gasteiger partial charge in [0.25, 0.3) is 0 Å². The molecule has 26 heavy (non-hydrogen) atoms. The second kappa shape index (κ2) is 8.80. The molecular weight excluding hydrogens is 336 g/mol. The van der Waals surface area contributed by atoms with Gasteiger partial charge in [-0.3, -0.25) is 9.59 Å². The lowest BCUT2D eigenvalue weighted by Gasteiger charge is -2.31. The summed E-state index contributed by atoms with van der Waals surface area (Å²) in [7, 11) is 1.23. The standard InChI is InChI=1S/C19H26N2O5/c1-13(26-14(2)22)16(17(23)25-3)21-18(24)19(10-7-11-20-19)12-15-8-5-4-6-9-15/h4-6,8-9,13,16,20H,7,10-12H2,1-3H3,(H,21,24). The average molecular weight is 362 g/mol. The molecule has 1 fully saturated rings. The van der Waals surface area contributed by atoms with Crippen LogP contribution in [0.2, 0.25) is 0 Å². The minimum absolute atomic E-state index is 0.298. The lowest BCUT2D eigenvalue weighted by molar-refractivity contribution is -0.156. The number of carbonyl (C=O) groups excluding carboxylic acids is 3. The lowest BCUT2D eigenvalue weighted by atomic mass is 9.88. The van der Waals surface area contributed by atoms with E-state index < -0.39 is 29.6 Å². The van der Waals surface area contributed by atoms with Crippen molar-refractivity contribution in [3.05, 3.63) is 35.9 Å². The number of rotatable bonds is 7. The van der Waals surface area contributed by atoms with Crippen molar-refractivity contribution in [3.8, 4) is 0 Å². The van der Waals surface area contributed by atoms with Gasteiger partial charge in [-0.25, -0.2) is 4.79 Å². The Morgan fingerprint density at radius 2 is 1.96 bits per heavy atom. The average Bonchev–Trinajstić information content (AvgIpc) is 3.08. The molecule has 0 radical (unpaired) electrons. The number of carbonyl (C=O) groups is 3. The first kappa shape index (κ1) is 19.9. The largest absolute Gasteiger partial charge is 0.467 e. The van der Waals surface area contributed by atoms with Crippen LogP contribution in [0.3, 0.4) is 0 Å². The Kier molecular flexibility index (Phi) is 6.74. The predicted molar refractivity (Wildman–Crippen MR) is 95.3 cm³/mol. The van der Waals surface area contributed by atoms with E-state index in [0.29, 0.717) is 12.8 Å². The summed E-state index contributed by atoms with van der Waals surface area (Å²) in [5.41, 5.74) is 0.225. The van der Waals surface area contributed by atoms with Crippen molar-refractivity contribution in [2.75, 3.05) is 13.7 Å². The van der Waals surface area contributed by atoms with Crippen molar-refractivity contribution < 1.29 is 23.9 Å². The van der Waals surface area contributed by atoms with Gasteiger partial charge in [-0.15, -0.1) is 0 Å². The summed E-state index contributed by atoms with van der Waals surface area (Å²) >= 11 is 0. The normalized spacial score (nSPS) is 21.5. The fraction of sp³-hybridized carbons (Fsp3) is 0.526. The molecule has 3 atom stereocenters. The molecule has 142 valence electrons. The highest BCUT2D eigenvalue weighted by atomic mass is 16.6. The van der Waals surface area contributed by atoms with Crippen LogP contribution in [0.25, 0.3) is 0 Å². The highest BCUT2D eigenvalue weighted by molar-refractivity contribution is 5.91. The lowest BCUT2D eigenvalue weighted by Crippen LogP contribution is -2.60. The van der Waals surface area contributed by atoms with Gasteiger partial charge in [0.1, 0.15) is 11.6 Å². The molecule has 1 heterocycles. The van der Waals surface area contributed by atoms with Crippen molar-refractivity contribution in [2.45, 2.75) is 50.8 Å². The zero-order valence-electron chi connectivity index (χ0n) is 15.4. The fourth-order valence-corrected chi connectivity index (χ4v) is 3.28. The number of ether oxygens (including phenoxy) is 2. The molecule has 2 N–H and O–H groups in total. The summed E-state index contributed by atoms with van der Waals surface area (Å²) in [6, 6.07) is 8.65. The van der Waals surface area contributed by atoms with Gasteiger partial charge in [-0.1, -0.05) is 30.3 Å². The molecule has 1 aliphatic heterocycles. The van der Waals surface area contributed by atoms with Crippen LogP contribution in [0, 0.1) is 0 Å². The van der Waals surface area contributed by atoms with Crippen LogP contribution in [-0.2, 0) is 30.3 Å². The second-order valence-corrected chi connectivity index (χ2v) is 6.56. The van der Waals surface area contributed by atoms with E-state index in [1.165, 1.54) is 14.0 Å². The van der Waals surface area contributed by atoms with Gasteiger partial charge >= 0.3 is 11.9 Å². The van der Waals surface area contributed by atoms with E-state index in [2.05, 4.69) is 10.6 Å². The smallest absolute Gasteiger partial charge is 0.332 e. The van der Waals surface area contributed by atoms with Gasteiger partial charge in [0.15, 0.2) is 6.04 Å². The third kappa shape index (κ3) is 4.82. The molecule has 0 aromatic heterocycles. The Balaban J connectivity index is 2.18. The first-order chi connectivity index (χ1) is 12.4. The molecule has 1 aromatic carbocycles. The molecule has 1 aromatic rings. The number of methoxy groups -OCH3 is 1. The highest BCUT2D eigenvalue weighted by Gasteiger charge is 2.43. The summed E-state index contributed by atoms with van der Waals surface area (Å²) in [4.78, 5) is 36.4. The van der Waals surface area contributed by atoms with Gasteiger partial charge in [-0.05, 0) is 38.3 Å². The molecule has 1 amide bonds. The summed E-state index contributed by atoms with van der Waals surface area (Å²) in [6.45, 7) is 3.53. The number of amides is 1. The minimum Gasteiger partial charge on any atom is -0.467 e. The molecule has 2 rings (SSSR count). The zero-order valence-corrected chi connectivity index (χ0v) is 15.4. The van der Waals surface area contributed by atoms with E-state index in [9.17, 15) is 14.4 Å². The van der Waals surface area contributed by atoms with E-state index in [1.807, 2.05) is 30.3 Å². The molecule has 0 spiro atoms. The first-order valence-corrected chi connectivity index (χ1v) is 8.73. The molecule has 7 heteroatoms. The van der Waals surface area contributed by atoms with Gasteiger partial charge in [0, 0.05) is 6.92 Å². The molecule has 1 saturated heterocycles. The molecule has 0 aliphatic carbocycles. The summed E-state index contributed by atoms with van der Waals surface area (Å²) in [5.74, 6) is -1.48. The van der Waals surface area contributed by atoms with Crippen molar-refractivity contribution in [2.24, 2.45) is 0 Å². The second-order valence-electron chi connectivity index (χ2n) is 6.56. The van der Waals surface area contributed by atoms with Crippen LogP contribution in [-0.4, -0.2) is 49.2 Å².